The maximum atomic E-state index is 12.1. The molecule has 0 unspecified atom stereocenters. The Kier molecular flexibility index (Phi) is 5.61. The number of quaternary nitrogens is 1. The number of fused-ring (bicyclic) bond motifs is 1. The van der Waals surface area contributed by atoms with E-state index >= 15 is 0 Å². The Labute approximate surface area is 131 Å². The maximum Gasteiger partial charge on any atom is 0.168 e. The lowest BCUT2D eigenvalue weighted by Gasteiger charge is -2.23. The lowest BCUT2D eigenvalue weighted by molar-refractivity contribution is -0.869. The van der Waals surface area contributed by atoms with Gasteiger partial charge in [0.2, 0.25) is 0 Å². The smallest absolute Gasteiger partial charge is 0.168 e. The number of benzene rings is 1. The SMILES string of the molecule is C[N+](C)(C)CCC(=O)c1ccc2c(c1)OCCO2.[I-]. The van der Waals surface area contributed by atoms with Gasteiger partial charge in [-0.05, 0) is 18.2 Å². The molecule has 1 aromatic carbocycles. The zero-order valence-corrected chi connectivity index (χ0v) is 13.8. The largest absolute Gasteiger partial charge is 1.00 e. The van der Waals surface area contributed by atoms with Crippen LogP contribution < -0.4 is 33.5 Å². The molecule has 106 valence electrons. The molecular formula is C14H20INO3. The lowest BCUT2D eigenvalue weighted by atomic mass is 10.1. The van der Waals surface area contributed by atoms with Crippen LogP contribution in [0, 0.1) is 0 Å². The summed E-state index contributed by atoms with van der Waals surface area (Å²) in [6, 6.07) is 5.41. The molecule has 5 heteroatoms. The van der Waals surface area contributed by atoms with Gasteiger partial charge in [-0.2, -0.15) is 0 Å². The molecule has 1 heterocycles. The van der Waals surface area contributed by atoms with Crippen molar-refractivity contribution in [2.24, 2.45) is 0 Å². The Morgan fingerprint density at radius 1 is 1.16 bits per heavy atom. The number of rotatable bonds is 4. The first kappa shape index (κ1) is 16.2. The van der Waals surface area contributed by atoms with Gasteiger partial charge in [-0.25, -0.2) is 0 Å². The highest BCUT2D eigenvalue weighted by atomic mass is 127. The molecule has 19 heavy (non-hydrogen) atoms. The van der Waals surface area contributed by atoms with Crippen molar-refractivity contribution >= 4 is 5.78 Å². The van der Waals surface area contributed by atoms with Gasteiger partial charge in [-0.15, -0.1) is 0 Å². The normalized spacial score (nSPS) is 13.6. The summed E-state index contributed by atoms with van der Waals surface area (Å²) in [7, 11) is 6.24. The molecule has 0 spiro atoms. The minimum atomic E-state index is 0. The number of carbonyl (C=O) groups is 1. The van der Waals surface area contributed by atoms with Crippen molar-refractivity contribution in [1.82, 2.24) is 0 Å². The Morgan fingerprint density at radius 2 is 1.79 bits per heavy atom. The third-order valence-electron chi connectivity index (χ3n) is 2.87. The van der Waals surface area contributed by atoms with Gasteiger partial charge in [0.05, 0.1) is 34.1 Å². The number of ether oxygens (including phenoxy) is 2. The monoisotopic (exact) mass is 377 g/mol. The second-order valence-electron chi connectivity index (χ2n) is 5.55. The zero-order valence-electron chi connectivity index (χ0n) is 11.6. The maximum absolute atomic E-state index is 12.1. The van der Waals surface area contributed by atoms with Crippen LogP contribution in [0.4, 0.5) is 0 Å². The molecule has 0 aliphatic carbocycles. The fraction of sp³-hybridized carbons (Fsp3) is 0.500. The third kappa shape index (κ3) is 4.65. The summed E-state index contributed by atoms with van der Waals surface area (Å²) in [5.41, 5.74) is 0.702. The molecule has 0 saturated carbocycles. The molecule has 0 atom stereocenters. The Balaban J connectivity index is 0.00000180. The first-order valence-electron chi connectivity index (χ1n) is 6.19. The first-order valence-corrected chi connectivity index (χ1v) is 6.19. The van der Waals surface area contributed by atoms with E-state index in [1.807, 2.05) is 12.1 Å². The molecule has 2 rings (SSSR count). The van der Waals surface area contributed by atoms with Gasteiger partial charge < -0.3 is 37.9 Å². The number of hydrogen-bond acceptors (Lipinski definition) is 3. The Morgan fingerprint density at radius 3 is 2.42 bits per heavy atom. The summed E-state index contributed by atoms with van der Waals surface area (Å²) >= 11 is 0. The van der Waals surface area contributed by atoms with Gasteiger partial charge in [0, 0.05) is 5.56 Å². The number of hydrogen-bond donors (Lipinski definition) is 0. The molecule has 0 saturated heterocycles. The van der Waals surface area contributed by atoms with E-state index in [2.05, 4.69) is 21.1 Å². The van der Waals surface area contributed by atoms with Gasteiger partial charge in [0.15, 0.2) is 17.3 Å². The average Bonchev–Trinajstić information content (AvgIpc) is 2.34. The molecule has 0 amide bonds. The van der Waals surface area contributed by atoms with Crippen LogP contribution in [0.15, 0.2) is 18.2 Å². The van der Waals surface area contributed by atoms with Crippen LogP contribution in [0.25, 0.3) is 0 Å². The number of carbonyl (C=O) groups excluding carboxylic acids is 1. The summed E-state index contributed by atoms with van der Waals surface area (Å²) in [5.74, 6) is 1.56. The van der Waals surface area contributed by atoms with E-state index in [4.69, 9.17) is 9.47 Å². The predicted octanol–water partition coefficient (Wildman–Crippen LogP) is -1.26. The van der Waals surface area contributed by atoms with E-state index < -0.39 is 0 Å². The van der Waals surface area contributed by atoms with E-state index in [1.165, 1.54) is 0 Å². The molecule has 0 fully saturated rings. The van der Waals surface area contributed by atoms with Crippen LogP contribution in [0.2, 0.25) is 0 Å². The number of Topliss-reactive ketones (excluding diaryl/α,β-unsaturated/α-hetero) is 1. The van der Waals surface area contributed by atoms with Crippen LogP contribution >= 0.6 is 0 Å². The highest BCUT2D eigenvalue weighted by Crippen LogP contribution is 2.31. The van der Waals surface area contributed by atoms with Crippen molar-refractivity contribution in [3.63, 3.8) is 0 Å². The van der Waals surface area contributed by atoms with E-state index in [1.54, 1.807) is 6.07 Å². The molecule has 1 aliphatic rings. The molecule has 0 radical (unpaired) electrons. The van der Waals surface area contributed by atoms with Gasteiger partial charge in [0.25, 0.3) is 0 Å². The first-order chi connectivity index (χ1) is 8.46. The molecular weight excluding hydrogens is 357 g/mol. The van der Waals surface area contributed by atoms with Gasteiger partial charge in [0.1, 0.15) is 13.2 Å². The summed E-state index contributed by atoms with van der Waals surface area (Å²) in [6.07, 6.45) is 0.545. The van der Waals surface area contributed by atoms with Crippen LogP contribution in [-0.4, -0.2) is 51.2 Å². The van der Waals surface area contributed by atoms with Crippen molar-refractivity contribution in [1.29, 1.82) is 0 Å². The average molecular weight is 377 g/mol. The summed E-state index contributed by atoms with van der Waals surface area (Å²) in [4.78, 5) is 12.1. The van der Waals surface area contributed by atoms with E-state index in [0.29, 0.717) is 30.9 Å². The zero-order chi connectivity index (χ0) is 13.2. The van der Waals surface area contributed by atoms with Crippen molar-refractivity contribution < 1.29 is 42.7 Å². The predicted molar refractivity (Wildman–Crippen MR) is 69.3 cm³/mol. The fourth-order valence-electron chi connectivity index (χ4n) is 1.80. The van der Waals surface area contributed by atoms with E-state index in [-0.39, 0.29) is 29.8 Å². The molecule has 1 aliphatic heterocycles. The van der Waals surface area contributed by atoms with Crippen LogP contribution in [-0.2, 0) is 0 Å². The topological polar surface area (TPSA) is 35.5 Å². The molecule has 0 aromatic heterocycles. The Hall–Kier alpha value is -0.820. The minimum Gasteiger partial charge on any atom is -1.00 e. The van der Waals surface area contributed by atoms with Crippen molar-refractivity contribution in [3.05, 3.63) is 23.8 Å². The molecule has 1 aromatic rings. The minimum absolute atomic E-state index is 0. The van der Waals surface area contributed by atoms with E-state index in [9.17, 15) is 4.79 Å². The van der Waals surface area contributed by atoms with Gasteiger partial charge >= 0.3 is 0 Å². The van der Waals surface area contributed by atoms with Gasteiger partial charge in [-0.3, -0.25) is 4.79 Å². The third-order valence-corrected chi connectivity index (χ3v) is 2.87. The quantitative estimate of drug-likeness (QED) is 0.374. The van der Waals surface area contributed by atoms with Crippen molar-refractivity contribution in [3.8, 4) is 11.5 Å². The second-order valence-corrected chi connectivity index (χ2v) is 5.55. The standard InChI is InChI=1S/C14H20NO3.HI/c1-15(2,3)7-6-12(16)11-4-5-13-14(10-11)18-9-8-17-13;/h4-5,10H,6-9H2,1-3H3;1H/q+1;/p-1. The highest BCUT2D eigenvalue weighted by molar-refractivity contribution is 5.96. The summed E-state index contributed by atoms with van der Waals surface area (Å²) < 4.78 is 11.7. The molecule has 4 nitrogen and oxygen atoms in total. The van der Waals surface area contributed by atoms with E-state index in [0.717, 1.165) is 16.8 Å². The Bertz CT molecular complexity index is 454. The van der Waals surface area contributed by atoms with Crippen LogP contribution in [0.1, 0.15) is 16.8 Å². The van der Waals surface area contributed by atoms with Crippen molar-refractivity contribution in [2.45, 2.75) is 6.42 Å². The van der Waals surface area contributed by atoms with Gasteiger partial charge in [-0.1, -0.05) is 0 Å². The summed E-state index contributed by atoms with van der Waals surface area (Å²) in [6.45, 7) is 1.94. The fourth-order valence-corrected chi connectivity index (χ4v) is 1.80. The van der Waals surface area contributed by atoms with Crippen LogP contribution in [0.5, 0.6) is 11.5 Å². The highest BCUT2D eigenvalue weighted by Gasteiger charge is 2.17. The second kappa shape index (κ2) is 6.56. The molecule has 0 bridgehead atoms. The lowest BCUT2D eigenvalue weighted by Crippen LogP contribution is -3.00. The van der Waals surface area contributed by atoms with Crippen LogP contribution in [0.3, 0.4) is 0 Å². The van der Waals surface area contributed by atoms with Crippen molar-refractivity contribution in [2.75, 3.05) is 40.9 Å². The molecule has 0 N–H and O–H groups in total. The number of ketones is 1. The summed E-state index contributed by atoms with van der Waals surface area (Å²) in [5, 5.41) is 0. The number of halogens is 1. The number of nitrogens with zero attached hydrogens (tertiary/aromatic N) is 1.